The molecule has 5 nitrogen and oxygen atoms in total. The van der Waals surface area contributed by atoms with Crippen LogP contribution >= 0.6 is 24.0 Å². The Morgan fingerprint density at radius 2 is 1.73 bits per heavy atom. The minimum Gasteiger partial charge on any atom is -0.393 e. The zero-order chi connectivity index (χ0) is 17.7. The molecule has 2 aliphatic carbocycles. The molecule has 2 saturated carbocycles. The van der Waals surface area contributed by atoms with Crippen LogP contribution in [-0.4, -0.2) is 49.0 Å². The second-order valence-electron chi connectivity index (χ2n) is 7.60. The summed E-state index contributed by atoms with van der Waals surface area (Å²) in [6.45, 7) is 4.77. The number of rotatable bonds is 9. The van der Waals surface area contributed by atoms with Gasteiger partial charge in [-0.3, -0.25) is 4.99 Å². The van der Waals surface area contributed by atoms with Gasteiger partial charge < -0.3 is 20.5 Å². The number of aliphatic hydroxyl groups excluding tert-OH is 1. The lowest BCUT2D eigenvalue weighted by atomic mass is 9.93. The van der Waals surface area contributed by atoms with Crippen molar-refractivity contribution in [2.45, 2.75) is 102 Å². The molecule has 0 amide bonds. The summed E-state index contributed by atoms with van der Waals surface area (Å²) < 4.78 is 5.98. The third-order valence-electron chi connectivity index (χ3n) is 5.36. The predicted molar refractivity (Wildman–Crippen MR) is 119 cm³/mol. The molecule has 0 aliphatic heterocycles. The quantitative estimate of drug-likeness (QED) is 0.202. The van der Waals surface area contributed by atoms with Gasteiger partial charge in [-0.1, -0.05) is 19.3 Å². The van der Waals surface area contributed by atoms with Crippen molar-refractivity contribution in [3.8, 4) is 0 Å². The molecule has 0 bridgehead atoms. The van der Waals surface area contributed by atoms with Crippen molar-refractivity contribution in [1.29, 1.82) is 0 Å². The lowest BCUT2D eigenvalue weighted by molar-refractivity contribution is 0.0264. The Balaban J connectivity index is 0.00000338. The maximum atomic E-state index is 9.61. The number of aliphatic imine (C=N–C) groups is 1. The zero-order valence-electron chi connectivity index (χ0n) is 16.5. The van der Waals surface area contributed by atoms with Gasteiger partial charge in [0.25, 0.3) is 0 Å². The highest BCUT2D eigenvalue weighted by Crippen LogP contribution is 2.20. The first kappa shape index (κ1) is 24.0. The molecule has 0 aromatic carbocycles. The first-order valence-corrected chi connectivity index (χ1v) is 10.6. The van der Waals surface area contributed by atoms with E-state index in [1.807, 2.05) is 0 Å². The molecule has 0 atom stereocenters. The molecule has 6 heteroatoms. The van der Waals surface area contributed by atoms with E-state index >= 15 is 0 Å². The first-order valence-electron chi connectivity index (χ1n) is 10.6. The molecule has 2 rings (SSSR count). The van der Waals surface area contributed by atoms with E-state index in [1.165, 1.54) is 38.5 Å². The van der Waals surface area contributed by atoms with Gasteiger partial charge in [0.15, 0.2) is 5.96 Å². The number of guanidine groups is 1. The highest BCUT2D eigenvalue weighted by atomic mass is 127. The van der Waals surface area contributed by atoms with Crippen LogP contribution < -0.4 is 10.6 Å². The highest BCUT2D eigenvalue weighted by molar-refractivity contribution is 14.0. The summed E-state index contributed by atoms with van der Waals surface area (Å²) in [5, 5.41) is 16.5. The molecule has 26 heavy (non-hydrogen) atoms. The topological polar surface area (TPSA) is 65.9 Å². The summed E-state index contributed by atoms with van der Waals surface area (Å²) >= 11 is 0. The monoisotopic (exact) mass is 481 g/mol. The molecule has 2 fully saturated rings. The number of hydrogen-bond acceptors (Lipinski definition) is 3. The summed E-state index contributed by atoms with van der Waals surface area (Å²) in [5.74, 6) is 0.933. The number of aliphatic hydroxyl groups is 1. The summed E-state index contributed by atoms with van der Waals surface area (Å²) in [5.41, 5.74) is 0. The van der Waals surface area contributed by atoms with Crippen molar-refractivity contribution in [1.82, 2.24) is 10.6 Å². The molecule has 154 valence electrons. The maximum Gasteiger partial charge on any atom is 0.191 e. The van der Waals surface area contributed by atoms with Crippen LogP contribution in [0, 0.1) is 0 Å². The minimum atomic E-state index is -0.103. The third-order valence-corrected chi connectivity index (χ3v) is 5.36. The Bertz CT molecular complexity index is 368. The smallest absolute Gasteiger partial charge is 0.191 e. The number of halogens is 1. The van der Waals surface area contributed by atoms with E-state index in [9.17, 15) is 5.11 Å². The molecular weight excluding hydrogens is 441 g/mol. The summed E-state index contributed by atoms with van der Waals surface area (Å²) in [4.78, 5) is 4.71. The number of nitrogens with one attached hydrogen (secondary N) is 2. The van der Waals surface area contributed by atoms with Crippen molar-refractivity contribution in [3.63, 3.8) is 0 Å². The molecule has 0 saturated heterocycles. The van der Waals surface area contributed by atoms with Gasteiger partial charge in [-0.2, -0.15) is 0 Å². The van der Waals surface area contributed by atoms with Gasteiger partial charge in [0.1, 0.15) is 0 Å². The van der Waals surface area contributed by atoms with Crippen LogP contribution in [0.25, 0.3) is 0 Å². The van der Waals surface area contributed by atoms with Crippen LogP contribution in [0.4, 0.5) is 0 Å². The highest BCUT2D eigenvalue weighted by Gasteiger charge is 2.19. The third kappa shape index (κ3) is 10.3. The van der Waals surface area contributed by atoms with E-state index in [-0.39, 0.29) is 30.1 Å². The van der Waals surface area contributed by atoms with E-state index in [2.05, 4.69) is 17.6 Å². The number of nitrogens with zero attached hydrogens (tertiary/aromatic N) is 1. The summed E-state index contributed by atoms with van der Waals surface area (Å²) in [6, 6.07) is 0.449. The molecule has 2 aliphatic rings. The summed E-state index contributed by atoms with van der Waals surface area (Å²) in [6.07, 6.45) is 14.4. The second-order valence-corrected chi connectivity index (χ2v) is 7.60. The van der Waals surface area contributed by atoms with Gasteiger partial charge in [0.05, 0.1) is 12.2 Å². The Hall–Kier alpha value is -0.0800. The first-order chi connectivity index (χ1) is 12.3. The van der Waals surface area contributed by atoms with Gasteiger partial charge in [0, 0.05) is 25.7 Å². The Morgan fingerprint density at radius 1 is 1.00 bits per heavy atom. The number of ether oxygens (including phenoxy) is 1. The largest absolute Gasteiger partial charge is 0.393 e. The van der Waals surface area contributed by atoms with Gasteiger partial charge >= 0.3 is 0 Å². The minimum absolute atomic E-state index is 0. The Kier molecular flexibility index (Phi) is 13.7. The van der Waals surface area contributed by atoms with Crippen LogP contribution in [0.3, 0.4) is 0 Å². The molecule has 0 spiro atoms. The normalized spacial score (nSPS) is 24.8. The number of hydrogen-bond donors (Lipinski definition) is 3. The average molecular weight is 481 g/mol. The SMILES string of the molecule is CCNC(=NCCCCCOC1CCCCC1)NC1CCC(O)CC1.I. The molecule has 0 unspecified atom stereocenters. The summed E-state index contributed by atoms with van der Waals surface area (Å²) in [7, 11) is 0. The van der Waals surface area contributed by atoms with Gasteiger partial charge in [-0.05, 0) is 64.7 Å². The van der Waals surface area contributed by atoms with Gasteiger partial charge in [-0.25, -0.2) is 0 Å². The predicted octanol–water partition coefficient (Wildman–Crippen LogP) is 3.98. The van der Waals surface area contributed by atoms with Crippen LogP contribution in [0.15, 0.2) is 4.99 Å². The van der Waals surface area contributed by atoms with Crippen molar-refractivity contribution in [2.24, 2.45) is 4.99 Å². The zero-order valence-corrected chi connectivity index (χ0v) is 18.9. The van der Waals surface area contributed by atoms with Crippen LogP contribution in [0.1, 0.15) is 84.0 Å². The second kappa shape index (κ2) is 14.9. The van der Waals surface area contributed by atoms with E-state index in [0.717, 1.165) is 64.2 Å². The molecule has 0 radical (unpaired) electrons. The van der Waals surface area contributed by atoms with Crippen molar-refractivity contribution in [2.75, 3.05) is 19.7 Å². The van der Waals surface area contributed by atoms with Crippen LogP contribution in [0.2, 0.25) is 0 Å². The fourth-order valence-corrected chi connectivity index (χ4v) is 3.80. The van der Waals surface area contributed by atoms with Gasteiger partial charge in [-0.15, -0.1) is 24.0 Å². The lowest BCUT2D eigenvalue weighted by Gasteiger charge is -2.27. The molecular formula is C20H40IN3O2. The van der Waals surface area contributed by atoms with E-state index in [0.29, 0.717) is 12.1 Å². The molecule has 0 aromatic heterocycles. The maximum absolute atomic E-state index is 9.61. The standard InChI is InChI=1S/C20H39N3O2.HI/c1-2-21-20(23-17-11-13-18(24)14-12-17)22-15-7-4-8-16-25-19-9-5-3-6-10-19;/h17-19,24H,2-16H2,1H3,(H2,21,22,23);1H. The lowest BCUT2D eigenvalue weighted by Crippen LogP contribution is -2.45. The Morgan fingerprint density at radius 3 is 2.42 bits per heavy atom. The van der Waals surface area contributed by atoms with E-state index in [4.69, 9.17) is 9.73 Å². The fourth-order valence-electron chi connectivity index (χ4n) is 3.80. The van der Waals surface area contributed by atoms with Crippen LogP contribution in [-0.2, 0) is 4.74 Å². The van der Waals surface area contributed by atoms with E-state index < -0.39 is 0 Å². The van der Waals surface area contributed by atoms with Crippen molar-refractivity contribution < 1.29 is 9.84 Å². The number of unbranched alkanes of at least 4 members (excludes halogenated alkanes) is 2. The Labute approximate surface area is 177 Å². The average Bonchev–Trinajstić information content (AvgIpc) is 2.64. The van der Waals surface area contributed by atoms with Crippen molar-refractivity contribution in [3.05, 3.63) is 0 Å². The van der Waals surface area contributed by atoms with Crippen molar-refractivity contribution >= 4 is 29.9 Å². The molecule has 3 N–H and O–H groups in total. The van der Waals surface area contributed by atoms with Crippen LogP contribution in [0.5, 0.6) is 0 Å². The molecule has 0 heterocycles. The van der Waals surface area contributed by atoms with E-state index in [1.54, 1.807) is 0 Å². The fraction of sp³-hybridized carbons (Fsp3) is 0.950. The van der Waals surface area contributed by atoms with Gasteiger partial charge in [0.2, 0.25) is 0 Å². The molecule has 0 aromatic rings.